The average molecular weight is 401 g/mol. The molecule has 0 aliphatic rings. The van der Waals surface area contributed by atoms with Gasteiger partial charge in [0, 0.05) is 34.2 Å². The van der Waals surface area contributed by atoms with Gasteiger partial charge in [-0.25, -0.2) is 0 Å². The van der Waals surface area contributed by atoms with Gasteiger partial charge in [0.25, 0.3) is 6.33 Å². The summed E-state index contributed by atoms with van der Waals surface area (Å²) in [6, 6.07) is 30.5. The van der Waals surface area contributed by atoms with Crippen molar-refractivity contribution in [3.8, 4) is 28.3 Å². The van der Waals surface area contributed by atoms with Crippen molar-refractivity contribution in [1.29, 1.82) is 0 Å². The number of rotatable bonds is 3. The molecule has 0 unspecified atom stereocenters. The summed E-state index contributed by atoms with van der Waals surface area (Å²) in [6.07, 6.45) is 7.12. The monoisotopic (exact) mass is 401 g/mol. The van der Waals surface area contributed by atoms with E-state index in [1.807, 2.05) is 35.2 Å². The number of fused-ring (bicyclic) bond motifs is 3. The maximum atomic E-state index is 10.1. The van der Waals surface area contributed by atoms with Gasteiger partial charge in [0.2, 0.25) is 0 Å². The molecule has 0 spiro atoms. The molecule has 0 bridgehead atoms. The fraction of sp³-hybridized carbons (Fsp3) is 0. The largest absolute Gasteiger partial charge is 0.511 e. The minimum Gasteiger partial charge on any atom is -0.511 e. The second-order valence-corrected chi connectivity index (χ2v) is 7.58. The number of benzene rings is 4. The molecule has 6 rings (SSSR count). The third-order valence-corrected chi connectivity index (χ3v) is 5.70. The van der Waals surface area contributed by atoms with E-state index in [-0.39, 0.29) is 5.75 Å². The van der Waals surface area contributed by atoms with E-state index in [1.54, 1.807) is 10.6 Å². The van der Waals surface area contributed by atoms with Crippen LogP contribution in [0.25, 0.3) is 44.3 Å². The number of H-pyrrole nitrogens is 1. The number of nitrogens with zero attached hydrogens (tertiary/aromatic N) is 2. The standard InChI is InChI=1S/C27H19N3O/c31-26-14-4-3-13-25(26)30-16-15-29(18-30)20-8-5-7-19(17-20)21-10-6-11-23-22-9-1-2-12-24(22)28-27(21)23/h1-17,28,31H. The number of aromatic hydroxyl groups is 1. The zero-order valence-electron chi connectivity index (χ0n) is 16.7. The van der Waals surface area contributed by atoms with Crippen LogP contribution in [0.5, 0.6) is 5.75 Å². The predicted molar refractivity (Wildman–Crippen MR) is 123 cm³/mol. The summed E-state index contributed by atoms with van der Waals surface area (Å²) in [4.78, 5) is 3.59. The van der Waals surface area contributed by atoms with Crippen molar-refractivity contribution in [2.45, 2.75) is 0 Å². The molecule has 4 nitrogen and oxygen atoms in total. The van der Waals surface area contributed by atoms with Crippen molar-refractivity contribution in [3.05, 3.63) is 110 Å². The molecule has 2 N–H and O–H groups in total. The van der Waals surface area contributed by atoms with Crippen LogP contribution >= 0.6 is 0 Å². The van der Waals surface area contributed by atoms with Crippen LogP contribution in [0.2, 0.25) is 0 Å². The Morgan fingerprint density at radius 3 is 2.55 bits per heavy atom. The first-order valence-electron chi connectivity index (χ1n) is 10.2. The van der Waals surface area contributed by atoms with Gasteiger partial charge in [0.15, 0.2) is 0 Å². The molecule has 31 heavy (non-hydrogen) atoms. The fourth-order valence-corrected chi connectivity index (χ4v) is 4.20. The third kappa shape index (κ3) is 2.89. The molecule has 148 valence electrons. The number of phenols is 1. The Bertz CT molecular complexity index is 1560. The Labute approximate surface area is 179 Å². The van der Waals surface area contributed by atoms with Crippen LogP contribution in [0, 0.1) is 6.33 Å². The van der Waals surface area contributed by atoms with Gasteiger partial charge >= 0.3 is 0 Å². The molecule has 0 fully saturated rings. The minimum atomic E-state index is 0.223. The molecular formula is C27H19N3O. The van der Waals surface area contributed by atoms with Crippen molar-refractivity contribution < 1.29 is 9.67 Å². The smallest absolute Gasteiger partial charge is 0.268 e. The van der Waals surface area contributed by atoms with Gasteiger partial charge in [0.1, 0.15) is 11.4 Å². The number of nitrogens with one attached hydrogen (secondary N) is 1. The van der Waals surface area contributed by atoms with E-state index in [2.05, 4.69) is 78.0 Å². The van der Waals surface area contributed by atoms with Gasteiger partial charge in [-0.15, -0.1) is 0 Å². The average Bonchev–Trinajstić information content (AvgIpc) is 3.45. The Morgan fingerprint density at radius 2 is 1.61 bits per heavy atom. The quantitative estimate of drug-likeness (QED) is 0.296. The second-order valence-electron chi connectivity index (χ2n) is 7.58. The molecule has 0 radical (unpaired) electrons. The van der Waals surface area contributed by atoms with Crippen LogP contribution in [0.3, 0.4) is 0 Å². The summed E-state index contributed by atoms with van der Waals surface area (Å²) >= 11 is 0. The SMILES string of the molecule is Oc1ccccc1-[n+]1[c-]n(-c2cccc(-c3cccc4c3[nH]c3ccccc34)c2)cc1. The molecule has 0 saturated carbocycles. The Kier molecular flexibility index (Phi) is 3.90. The van der Waals surface area contributed by atoms with Crippen LogP contribution < -0.4 is 4.57 Å². The highest BCUT2D eigenvalue weighted by atomic mass is 16.3. The lowest BCUT2D eigenvalue weighted by Crippen LogP contribution is -2.28. The first kappa shape index (κ1) is 17.5. The number of aromatic nitrogens is 3. The molecule has 0 amide bonds. The van der Waals surface area contributed by atoms with Crippen LogP contribution in [0.1, 0.15) is 0 Å². The molecule has 0 atom stereocenters. The van der Waals surface area contributed by atoms with E-state index < -0.39 is 0 Å². The van der Waals surface area contributed by atoms with Crippen LogP contribution in [0.15, 0.2) is 103 Å². The first-order chi connectivity index (χ1) is 15.3. The summed E-state index contributed by atoms with van der Waals surface area (Å²) < 4.78 is 3.72. The van der Waals surface area contributed by atoms with E-state index in [9.17, 15) is 5.11 Å². The maximum Gasteiger partial charge on any atom is 0.268 e. The van der Waals surface area contributed by atoms with Crippen molar-refractivity contribution >= 4 is 21.8 Å². The number of hydrogen-bond acceptors (Lipinski definition) is 1. The molecule has 4 aromatic carbocycles. The van der Waals surface area contributed by atoms with Crippen LogP contribution in [-0.2, 0) is 0 Å². The number of imidazole rings is 1. The summed E-state index contributed by atoms with van der Waals surface area (Å²) in [7, 11) is 0. The summed E-state index contributed by atoms with van der Waals surface area (Å²) in [5.41, 5.74) is 6.27. The Hall–Kier alpha value is -4.31. The van der Waals surface area contributed by atoms with E-state index in [0.29, 0.717) is 5.69 Å². The van der Waals surface area contributed by atoms with E-state index in [4.69, 9.17) is 0 Å². The van der Waals surface area contributed by atoms with Gasteiger partial charge in [0.05, 0.1) is 11.2 Å². The summed E-state index contributed by atoms with van der Waals surface area (Å²) in [5, 5.41) is 12.6. The number of aromatic amines is 1. The van der Waals surface area contributed by atoms with Crippen molar-refractivity contribution in [1.82, 2.24) is 9.55 Å². The molecule has 2 aromatic heterocycles. The van der Waals surface area contributed by atoms with Crippen molar-refractivity contribution in [3.63, 3.8) is 0 Å². The third-order valence-electron chi connectivity index (χ3n) is 5.70. The zero-order valence-corrected chi connectivity index (χ0v) is 16.7. The van der Waals surface area contributed by atoms with Gasteiger partial charge in [-0.3, -0.25) is 9.13 Å². The lowest BCUT2D eigenvalue weighted by atomic mass is 10.0. The van der Waals surface area contributed by atoms with Gasteiger partial charge in [-0.1, -0.05) is 60.7 Å². The zero-order chi connectivity index (χ0) is 20.8. The van der Waals surface area contributed by atoms with Gasteiger partial charge in [-0.05, 0) is 35.9 Å². The Morgan fingerprint density at radius 1 is 0.806 bits per heavy atom. The van der Waals surface area contributed by atoms with Crippen LogP contribution in [-0.4, -0.2) is 14.7 Å². The van der Waals surface area contributed by atoms with Gasteiger partial charge < -0.3 is 10.1 Å². The van der Waals surface area contributed by atoms with E-state index >= 15 is 0 Å². The predicted octanol–water partition coefficient (Wildman–Crippen LogP) is 5.56. The highest BCUT2D eigenvalue weighted by Crippen LogP contribution is 2.33. The van der Waals surface area contributed by atoms with E-state index in [1.165, 1.54) is 10.8 Å². The number of hydrogen-bond donors (Lipinski definition) is 2. The summed E-state index contributed by atoms with van der Waals surface area (Å²) in [5.74, 6) is 0.223. The normalized spacial score (nSPS) is 11.4. The minimum absolute atomic E-state index is 0.223. The molecule has 0 aliphatic carbocycles. The summed E-state index contributed by atoms with van der Waals surface area (Å²) in [6.45, 7) is 0. The number of para-hydroxylation sites is 4. The molecule has 0 aliphatic heterocycles. The second kappa shape index (κ2) is 6.89. The molecule has 4 heteroatoms. The fourth-order valence-electron chi connectivity index (χ4n) is 4.20. The van der Waals surface area contributed by atoms with Crippen LogP contribution in [0.4, 0.5) is 0 Å². The number of phenolic OH excluding ortho intramolecular Hbond substituents is 1. The topological polar surface area (TPSA) is 44.8 Å². The van der Waals surface area contributed by atoms with Gasteiger partial charge in [-0.2, -0.15) is 0 Å². The molecule has 2 heterocycles. The highest BCUT2D eigenvalue weighted by Gasteiger charge is 2.11. The molecular weight excluding hydrogens is 382 g/mol. The lowest BCUT2D eigenvalue weighted by molar-refractivity contribution is -0.599. The molecule has 6 aromatic rings. The van der Waals surface area contributed by atoms with Crippen molar-refractivity contribution in [2.24, 2.45) is 0 Å². The maximum absolute atomic E-state index is 10.1. The highest BCUT2D eigenvalue weighted by molar-refractivity contribution is 6.11. The Balaban J connectivity index is 1.46. The molecule has 0 saturated heterocycles. The first-order valence-corrected chi connectivity index (χ1v) is 10.2. The van der Waals surface area contributed by atoms with Crippen molar-refractivity contribution in [2.75, 3.05) is 0 Å². The lowest BCUT2D eigenvalue weighted by Gasteiger charge is -2.08. The van der Waals surface area contributed by atoms with E-state index in [0.717, 1.165) is 27.8 Å².